The number of benzene rings is 1. The number of hydrogen-bond donors (Lipinski definition) is 1. The van der Waals surface area contributed by atoms with E-state index in [1.807, 2.05) is 6.07 Å². The second kappa shape index (κ2) is 4.52. The molecule has 0 bridgehead atoms. The van der Waals surface area contributed by atoms with Crippen LogP contribution in [0.25, 0.3) is 0 Å². The van der Waals surface area contributed by atoms with E-state index >= 15 is 0 Å². The first-order valence-corrected chi connectivity index (χ1v) is 5.66. The van der Waals surface area contributed by atoms with Crippen molar-refractivity contribution in [3.05, 3.63) is 29.6 Å². The molecule has 2 rings (SSSR count). The Morgan fingerprint density at radius 1 is 1.38 bits per heavy atom. The number of anilines is 1. The first-order valence-electron chi connectivity index (χ1n) is 5.66. The third-order valence-electron chi connectivity index (χ3n) is 3.24. The first kappa shape index (κ1) is 10.9. The van der Waals surface area contributed by atoms with Gasteiger partial charge in [-0.15, -0.1) is 0 Å². The largest absolute Gasteiger partial charge is 0.382 e. The molecule has 16 heavy (non-hydrogen) atoms. The van der Waals surface area contributed by atoms with Crippen LogP contribution < -0.4 is 5.32 Å². The van der Waals surface area contributed by atoms with Gasteiger partial charge in [0.2, 0.25) is 0 Å². The zero-order chi connectivity index (χ0) is 11.5. The van der Waals surface area contributed by atoms with Crippen molar-refractivity contribution in [3.8, 4) is 6.07 Å². The fraction of sp³-hybridized carbons (Fsp3) is 0.462. The molecular weight excluding hydrogens is 203 g/mol. The summed E-state index contributed by atoms with van der Waals surface area (Å²) in [4.78, 5) is 0. The van der Waals surface area contributed by atoms with Gasteiger partial charge in [0.15, 0.2) is 0 Å². The fourth-order valence-electron chi connectivity index (χ4n) is 2.31. The fourth-order valence-corrected chi connectivity index (χ4v) is 2.31. The number of halogens is 1. The van der Waals surface area contributed by atoms with Gasteiger partial charge in [0.1, 0.15) is 5.82 Å². The van der Waals surface area contributed by atoms with Gasteiger partial charge >= 0.3 is 0 Å². The van der Waals surface area contributed by atoms with Crippen molar-refractivity contribution in [1.29, 1.82) is 5.26 Å². The molecule has 1 aromatic rings. The lowest BCUT2D eigenvalue weighted by molar-refractivity contribution is 0.555. The molecule has 1 aromatic carbocycles. The lowest BCUT2D eigenvalue weighted by Crippen LogP contribution is -2.21. The van der Waals surface area contributed by atoms with Crippen molar-refractivity contribution in [2.24, 2.45) is 5.92 Å². The smallest absolute Gasteiger partial charge is 0.126 e. The maximum absolute atomic E-state index is 13.2. The summed E-state index contributed by atoms with van der Waals surface area (Å²) in [7, 11) is 0. The number of hydrogen-bond acceptors (Lipinski definition) is 2. The predicted molar refractivity (Wildman–Crippen MR) is 61.5 cm³/mol. The SMILES string of the molecule is CC1CCCC1Nc1cc(F)cc(C#N)c1. The Morgan fingerprint density at radius 3 is 2.81 bits per heavy atom. The van der Waals surface area contributed by atoms with E-state index < -0.39 is 0 Å². The molecule has 84 valence electrons. The molecule has 0 heterocycles. The minimum Gasteiger partial charge on any atom is -0.382 e. The quantitative estimate of drug-likeness (QED) is 0.826. The van der Waals surface area contributed by atoms with E-state index in [1.54, 1.807) is 6.07 Å². The zero-order valence-corrected chi connectivity index (χ0v) is 9.33. The van der Waals surface area contributed by atoms with Gasteiger partial charge in [0.25, 0.3) is 0 Å². The van der Waals surface area contributed by atoms with Gasteiger partial charge in [-0.2, -0.15) is 5.26 Å². The van der Waals surface area contributed by atoms with Crippen LogP contribution in [0.1, 0.15) is 31.7 Å². The number of nitriles is 1. The Hall–Kier alpha value is -1.56. The molecule has 0 spiro atoms. The molecule has 0 amide bonds. The van der Waals surface area contributed by atoms with Gasteiger partial charge in [0, 0.05) is 11.7 Å². The summed E-state index contributed by atoms with van der Waals surface area (Å²) in [6.07, 6.45) is 3.57. The van der Waals surface area contributed by atoms with Crippen LogP contribution in [0, 0.1) is 23.1 Å². The second-order valence-corrected chi connectivity index (χ2v) is 4.50. The summed E-state index contributed by atoms with van der Waals surface area (Å²) in [6, 6.07) is 6.78. The summed E-state index contributed by atoms with van der Waals surface area (Å²) in [5.74, 6) is 0.265. The molecule has 2 nitrogen and oxygen atoms in total. The van der Waals surface area contributed by atoms with Gasteiger partial charge in [-0.05, 0) is 37.0 Å². The minimum absolute atomic E-state index is 0.354. The van der Waals surface area contributed by atoms with Crippen molar-refractivity contribution in [1.82, 2.24) is 0 Å². The molecular formula is C13H15FN2. The maximum Gasteiger partial charge on any atom is 0.126 e. The molecule has 0 aliphatic heterocycles. The lowest BCUT2D eigenvalue weighted by Gasteiger charge is -2.18. The van der Waals surface area contributed by atoms with Crippen LogP contribution >= 0.6 is 0 Å². The summed E-state index contributed by atoms with van der Waals surface area (Å²) in [5, 5.41) is 12.1. The van der Waals surface area contributed by atoms with Crippen LogP contribution in [0.4, 0.5) is 10.1 Å². The highest BCUT2D eigenvalue weighted by molar-refractivity contribution is 5.50. The van der Waals surface area contributed by atoms with Crippen molar-refractivity contribution in [2.75, 3.05) is 5.32 Å². The van der Waals surface area contributed by atoms with Gasteiger partial charge in [-0.1, -0.05) is 13.3 Å². The first-order chi connectivity index (χ1) is 7.69. The molecule has 1 saturated carbocycles. The molecule has 2 atom stereocenters. The van der Waals surface area contributed by atoms with Crippen LogP contribution in [0.3, 0.4) is 0 Å². The van der Waals surface area contributed by atoms with E-state index in [4.69, 9.17) is 5.26 Å². The van der Waals surface area contributed by atoms with Gasteiger partial charge in [-0.25, -0.2) is 4.39 Å². The molecule has 0 radical (unpaired) electrons. The predicted octanol–water partition coefficient (Wildman–Crippen LogP) is 3.30. The Balaban J connectivity index is 2.15. The van der Waals surface area contributed by atoms with Gasteiger partial charge in [0.05, 0.1) is 11.6 Å². The molecule has 1 aliphatic carbocycles. The minimum atomic E-state index is -0.354. The molecule has 1 N–H and O–H groups in total. The van der Waals surface area contributed by atoms with Crippen molar-refractivity contribution in [3.63, 3.8) is 0 Å². The normalized spacial score (nSPS) is 24.1. The van der Waals surface area contributed by atoms with Gasteiger partial charge < -0.3 is 5.32 Å². The van der Waals surface area contributed by atoms with Crippen molar-refractivity contribution in [2.45, 2.75) is 32.2 Å². The Morgan fingerprint density at radius 2 is 2.19 bits per heavy atom. The number of nitrogens with one attached hydrogen (secondary N) is 1. The molecule has 1 aliphatic rings. The van der Waals surface area contributed by atoms with Crippen LogP contribution in [-0.2, 0) is 0 Å². The van der Waals surface area contributed by atoms with Gasteiger partial charge in [-0.3, -0.25) is 0 Å². The number of nitrogens with zero attached hydrogens (tertiary/aromatic N) is 1. The average Bonchev–Trinajstić information content (AvgIpc) is 2.63. The van der Waals surface area contributed by atoms with E-state index in [-0.39, 0.29) is 5.82 Å². The molecule has 3 heteroatoms. The highest BCUT2D eigenvalue weighted by Crippen LogP contribution is 2.28. The van der Waals surface area contributed by atoms with Crippen LogP contribution in [0.15, 0.2) is 18.2 Å². The highest BCUT2D eigenvalue weighted by atomic mass is 19.1. The monoisotopic (exact) mass is 218 g/mol. The molecule has 1 fully saturated rings. The Bertz CT molecular complexity index is 422. The standard InChI is InChI=1S/C13H15FN2/c1-9-3-2-4-13(9)16-12-6-10(8-15)5-11(14)7-12/h5-7,9,13,16H,2-4H2,1H3. The lowest BCUT2D eigenvalue weighted by atomic mass is 10.1. The molecule has 0 saturated heterocycles. The van der Waals surface area contributed by atoms with Crippen LogP contribution in [0.2, 0.25) is 0 Å². The van der Waals surface area contributed by atoms with Crippen LogP contribution in [0.5, 0.6) is 0 Å². The van der Waals surface area contributed by atoms with Crippen LogP contribution in [-0.4, -0.2) is 6.04 Å². The Labute approximate surface area is 95.1 Å². The molecule has 2 unspecified atom stereocenters. The van der Waals surface area contributed by atoms with E-state index in [9.17, 15) is 4.39 Å². The average molecular weight is 218 g/mol. The Kier molecular flexibility index (Phi) is 3.09. The van der Waals surface area contributed by atoms with E-state index in [0.717, 1.165) is 12.1 Å². The van der Waals surface area contributed by atoms with E-state index in [1.165, 1.54) is 25.0 Å². The highest BCUT2D eigenvalue weighted by Gasteiger charge is 2.23. The third-order valence-corrected chi connectivity index (χ3v) is 3.24. The third kappa shape index (κ3) is 2.33. The summed E-state index contributed by atoms with van der Waals surface area (Å²) in [6.45, 7) is 2.20. The topological polar surface area (TPSA) is 35.8 Å². The maximum atomic E-state index is 13.2. The van der Waals surface area contributed by atoms with Crippen molar-refractivity contribution < 1.29 is 4.39 Å². The number of rotatable bonds is 2. The summed E-state index contributed by atoms with van der Waals surface area (Å²) in [5.41, 5.74) is 1.09. The molecule has 0 aromatic heterocycles. The van der Waals surface area contributed by atoms with E-state index in [0.29, 0.717) is 17.5 Å². The van der Waals surface area contributed by atoms with E-state index in [2.05, 4.69) is 12.2 Å². The second-order valence-electron chi connectivity index (χ2n) is 4.50. The summed E-state index contributed by atoms with van der Waals surface area (Å²) >= 11 is 0. The zero-order valence-electron chi connectivity index (χ0n) is 9.33. The summed E-state index contributed by atoms with van der Waals surface area (Å²) < 4.78 is 13.2. The van der Waals surface area contributed by atoms with Crippen molar-refractivity contribution >= 4 is 5.69 Å².